The number of benzene rings is 2. The maximum atomic E-state index is 14.3. The van der Waals surface area contributed by atoms with Crippen LogP contribution in [-0.4, -0.2) is 185 Å². The molecule has 3 saturated heterocycles. The van der Waals surface area contributed by atoms with Crippen LogP contribution in [0.5, 0.6) is 11.5 Å². The summed E-state index contributed by atoms with van der Waals surface area (Å²) in [5.74, 6) is 2.26. The molecule has 428 valence electrons. The summed E-state index contributed by atoms with van der Waals surface area (Å²) in [4.78, 5) is 60.1. The fourth-order valence-corrected chi connectivity index (χ4v) is 12.3. The number of ether oxygens (including phenoxy) is 3. The van der Waals surface area contributed by atoms with Gasteiger partial charge >= 0.3 is 0 Å². The zero-order valence-corrected chi connectivity index (χ0v) is 48.0. The Labute approximate surface area is 466 Å². The maximum Gasteiger partial charge on any atom is 0.251 e. The minimum Gasteiger partial charge on any atom is -0.492 e. The number of aryl methyl sites for hydroxylation is 1. The number of aromatic nitrogens is 7. The first-order valence-electron chi connectivity index (χ1n) is 27.7. The smallest absolute Gasteiger partial charge is 0.251 e. The van der Waals surface area contributed by atoms with E-state index >= 15 is 0 Å². The van der Waals surface area contributed by atoms with E-state index in [0.717, 1.165) is 87.1 Å². The van der Waals surface area contributed by atoms with Gasteiger partial charge in [-0.1, -0.05) is 26.0 Å². The van der Waals surface area contributed by atoms with Gasteiger partial charge in [-0.25, -0.2) is 32.7 Å². The minimum absolute atomic E-state index is 0.0125. The first kappa shape index (κ1) is 56.6. The Morgan fingerprint density at radius 3 is 2.45 bits per heavy atom. The molecule has 3 fully saturated rings. The van der Waals surface area contributed by atoms with Gasteiger partial charge in [0.2, 0.25) is 11.9 Å². The highest BCUT2D eigenvalue weighted by Crippen LogP contribution is 2.40. The number of anilines is 4. The number of nitrogens with one attached hydrogen (secondary N) is 4. The second kappa shape index (κ2) is 23.5. The van der Waals surface area contributed by atoms with Crippen molar-refractivity contribution < 1.29 is 31.8 Å². The SMILES string of the molecule is Cc1n[nH]c(Nc2ncnc3cc(OCCCN4CCN(c5ncc(OC[C@H]6CN(C[C@H]7CN[C@H](C)CN7CC(=O)N7CC(C)(C)c8[nH]c(=O)c(Cc9ccc(F)cc9)cc87)CCO6)cn5)CC4)c(S(=O)(=O)C(C)(C)C)cc23)c1C. The maximum absolute atomic E-state index is 14.3. The summed E-state index contributed by atoms with van der Waals surface area (Å²) >= 11 is 0. The van der Waals surface area contributed by atoms with E-state index in [1.165, 1.54) is 18.5 Å². The van der Waals surface area contributed by atoms with Crippen LogP contribution in [0.25, 0.3) is 10.9 Å². The van der Waals surface area contributed by atoms with Crippen LogP contribution >= 0.6 is 0 Å². The van der Waals surface area contributed by atoms with Crippen molar-refractivity contribution in [2.24, 2.45) is 0 Å². The number of hydrogen-bond acceptors (Lipinski definition) is 18. The van der Waals surface area contributed by atoms with E-state index in [1.54, 1.807) is 57.4 Å². The third-order valence-electron chi connectivity index (χ3n) is 15.9. The molecule has 2 aromatic carbocycles. The number of piperazine rings is 2. The van der Waals surface area contributed by atoms with Gasteiger partial charge in [0.05, 0.1) is 53.8 Å². The molecule has 0 radical (unpaired) electrons. The van der Waals surface area contributed by atoms with Crippen molar-refractivity contribution >= 4 is 49.9 Å². The number of hydrogen-bond donors (Lipinski definition) is 4. The lowest BCUT2D eigenvalue weighted by Gasteiger charge is -2.43. The van der Waals surface area contributed by atoms with Gasteiger partial charge in [-0.3, -0.25) is 29.4 Å². The van der Waals surface area contributed by atoms with E-state index in [0.29, 0.717) is 85.6 Å². The van der Waals surface area contributed by atoms with Crippen LogP contribution in [0.3, 0.4) is 0 Å². The van der Waals surface area contributed by atoms with Gasteiger partial charge in [0.1, 0.15) is 47.1 Å². The number of fused-ring (bicyclic) bond motifs is 2. The fourth-order valence-electron chi connectivity index (χ4n) is 11.0. The minimum atomic E-state index is -3.82. The first-order valence-corrected chi connectivity index (χ1v) is 29.2. The average molecular weight is 1120 g/mol. The summed E-state index contributed by atoms with van der Waals surface area (Å²) in [7, 11) is -3.82. The van der Waals surface area contributed by atoms with Gasteiger partial charge in [-0.2, -0.15) is 5.10 Å². The van der Waals surface area contributed by atoms with Crippen molar-refractivity contribution in [3.63, 3.8) is 0 Å². The molecule has 4 N–H and O–H groups in total. The van der Waals surface area contributed by atoms with E-state index in [-0.39, 0.29) is 52.7 Å². The molecular weight excluding hydrogens is 1040 g/mol. The number of pyridine rings is 1. The number of H-pyrrole nitrogens is 2. The highest BCUT2D eigenvalue weighted by molar-refractivity contribution is 7.92. The van der Waals surface area contributed by atoms with Crippen LogP contribution in [0.2, 0.25) is 0 Å². The lowest BCUT2D eigenvalue weighted by atomic mass is 9.91. The molecule has 4 aliphatic rings. The van der Waals surface area contributed by atoms with Crippen LogP contribution in [0, 0.1) is 19.7 Å². The van der Waals surface area contributed by atoms with Crippen molar-refractivity contribution in [3.8, 4) is 11.5 Å². The van der Waals surface area contributed by atoms with Gasteiger partial charge in [0.25, 0.3) is 5.56 Å². The van der Waals surface area contributed by atoms with Gasteiger partial charge in [0, 0.05) is 124 Å². The summed E-state index contributed by atoms with van der Waals surface area (Å²) < 4.78 is 59.2. The first-order chi connectivity index (χ1) is 38.2. The lowest BCUT2D eigenvalue weighted by molar-refractivity contribution is -0.121. The topological polar surface area (TPSA) is 232 Å². The van der Waals surface area contributed by atoms with Gasteiger partial charge in [-0.15, -0.1) is 0 Å². The number of aromatic amines is 2. The highest BCUT2D eigenvalue weighted by Gasteiger charge is 2.41. The Bertz CT molecular complexity index is 3340. The third-order valence-corrected chi connectivity index (χ3v) is 18.4. The number of halogens is 1. The molecule has 3 atom stereocenters. The molecule has 8 heterocycles. The highest BCUT2D eigenvalue weighted by atomic mass is 32.2. The van der Waals surface area contributed by atoms with Crippen LogP contribution < -0.4 is 35.5 Å². The molecule has 0 unspecified atom stereocenters. The molecule has 21 nitrogen and oxygen atoms in total. The average Bonchev–Trinajstić information content (AvgIpc) is 4.09. The van der Waals surface area contributed by atoms with Crippen molar-refractivity contribution in [3.05, 3.63) is 105 Å². The molecule has 80 heavy (non-hydrogen) atoms. The van der Waals surface area contributed by atoms with E-state index in [2.05, 4.69) is 72.3 Å². The predicted molar refractivity (Wildman–Crippen MR) is 305 cm³/mol. The Morgan fingerprint density at radius 2 is 1.73 bits per heavy atom. The van der Waals surface area contributed by atoms with Gasteiger partial charge < -0.3 is 39.6 Å². The van der Waals surface area contributed by atoms with Crippen LogP contribution in [-0.2, 0) is 31.2 Å². The zero-order chi connectivity index (χ0) is 56.5. The number of sulfone groups is 1. The van der Waals surface area contributed by atoms with Crippen LogP contribution in [0.1, 0.15) is 76.0 Å². The van der Waals surface area contributed by atoms with E-state index < -0.39 is 20.0 Å². The summed E-state index contributed by atoms with van der Waals surface area (Å²) in [6, 6.07) is 11.6. The van der Waals surface area contributed by atoms with Gasteiger partial charge in [-0.05, 0) is 77.8 Å². The number of morpholine rings is 1. The van der Waals surface area contributed by atoms with Crippen molar-refractivity contribution in [2.45, 2.75) is 101 Å². The monoisotopic (exact) mass is 1120 g/mol. The standard InChI is InChI=1S/C57H75FN14O7S/c1-36-29-71(32-50(73)72-34-57(7,8)51-47(72)23-40(54(74)64-51)22-39-10-12-41(58)13-11-39)42(26-59-36)30-69-19-21-77-44(31-69)33-79-43-27-60-55(61-28-43)70-17-15-68(16-18-70)14-9-20-78-48-25-46-45(24-49(48)80(75,76)56(4,5)6)53(63-35-62-46)65-52-37(2)38(3)66-67-52/h10-13,23-25,27-28,35-36,42,44,59H,9,14-22,26,29-34H2,1-8H3,(H,64,74)(H2,62,63,65,66,67)/t36-,42-,44-/m1/s1. The molecule has 0 spiro atoms. The van der Waals surface area contributed by atoms with Crippen LogP contribution in [0.15, 0.2) is 70.9 Å². The van der Waals surface area contributed by atoms with E-state index in [1.807, 2.05) is 38.7 Å². The zero-order valence-electron chi connectivity index (χ0n) is 47.1. The van der Waals surface area contributed by atoms with E-state index in [4.69, 9.17) is 14.2 Å². The van der Waals surface area contributed by atoms with Crippen LogP contribution in [0.4, 0.5) is 27.7 Å². The number of amides is 1. The Kier molecular flexibility index (Phi) is 16.6. The second-order valence-corrected chi connectivity index (χ2v) is 26.0. The van der Waals surface area contributed by atoms with E-state index in [9.17, 15) is 22.4 Å². The third kappa shape index (κ3) is 12.6. The molecular formula is C57H75FN14O7S. The summed E-state index contributed by atoms with van der Waals surface area (Å²) in [6.45, 7) is 24.5. The normalized spacial score (nSPS) is 20.3. The lowest BCUT2D eigenvalue weighted by Crippen LogP contribution is -2.61. The molecule has 0 saturated carbocycles. The summed E-state index contributed by atoms with van der Waals surface area (Å²) in [6.07, 6.45) is 5.72. The molecule has 0 aliphatic carbocycles. The number of rotatable bonds is 18. The number of carbonyl (C=O) groups excluding carboxylic acids is 1. The molecule has 1 amide bonds. The number of nitrogens with zero attached hydrogens (tertiary/aromatic N) is 10. The van der Waals surface area contributed by atoms with Crippen molar-refractivity contribution in [1.82, 2.24) is 55.1 Å². The molecule has 23 heteroatoms. The fraction of sp³-hybridized carbons (Fsp3) is 0.526. The summed E-state index contributed by atoms with van der Waals surface area (Å²) in [5, 5.41) is 14.7. The quantitative estimate of drug-likeness (QED) is 0.0815. The molecule has 4 aromatic heterocycles. The molecule has 0 bridgehead atoms. The largest absolute Gasteiger partial charge is 0.492 e. The molecule has 10 rings (SSSR count). The Hall–Kier alpha value is -6.63. The summed E-state index contributed by atoms with van der Waals surface area (Å²) in [5.41, 5.74) is 4.53. The molecule has 4 aliphatic heterocycles. The van der Waals surface area contributed by atoms with Crippen molar-refractivity contribution in [1.29, 1.82) is 0 Å². The predicted octanol–water partition coefficient (Wildman–Crippen LogP) is 5.15. The molecule has 6 aromatic rings. The van der Waals surface area contributed by atoms with Gasteiger partial charge in [0.15, 0.2) is 15.6 Å². The second-order valence-electron chi connectivity index (χ2n) is 23.3. The Balaban J connectivity index is 0.682. The Morgan fingerprint density at radius 1 is 0.963 bits per heavy atom. The number of carbonyl (C=O) groups is 1. The van der Waals surface area contributed by atoms with Crippen molar-refractivity contribution in [2.75, 3.05) is 113 Å².